The quantitative estimate of drug-likeness (QED) is 0.153. The van der Waals surface area contributed by atoms with Gasteiger partial charge >= 0.3 is 21.1 Å². The van der Waals surface area contributed by atoms with Crippen LogP contribution < -0.4 is 0 Å². The smallest absolute Gasteiger partial charge is 0.322 e. The molecule has 0 N–H and O–H groups in total. The van der Waals surface area contributed by atoms with E-state index < -0.39 is 29.2 Å². The van der Waals surface area contributed by atoms with Gasteiger partial charge in [-0.3, -0.25) is 18.4 Å². The molecule has 0 aliphatic heterocycles. The Morgan fingerprint density at radius 3 is 2.08 bits per heavy atom. The molecule has 4 aromatic heterocycles. The third kappa shape index (κ3) is 5.89. The van der Waals surface area contributed by atoms with Crippen LogP contribution in [0, 0.1) is 41.3 Å². The maximum absolute atomic E-state index is 14.5. The van der Waals surface area contributed by atoms with Gasteiger partial charge in [0.25, 0.3) is 0 Å². The molecule has 0 amide bonds. The van der Waals surface area contributed by atoms with E-state index in [9.17, 15) is 17.6 Å². The number of aromatic nitrogens is 5. The minimum Gasteiger partial charge on any atom is -0.322 e. The van der Waals surface area contributed by atoms with Crippen molar-refractivity contribution in [2.24, 2.45) is 5.41 Å². The van der Waals surface area contributed by atoms with Crippen LogP contribution in [0.15, 0.2) is 36.5 Å². The molecule has 0 unspecified atom stereocenters. The maximum atomic E-state index is 14.5. The standard InChI is InChI=1S/C26H23F4N5.Pt/c1-25(2,3)14-15-12-17(16-6-8-21(27)32-23(16)29)31-20(13-15)26(4,5)19-10-11-35(34-19)18-7-9-22(28)33-24(18)30;/h8-13H,14H2,1-5H3;/q-2;+2. The molecule has 0 fully saturated rings. The molecule has 0 aromatic carbocycles. The van der Waals surface area contributed by atoms with Gasteiger partial charge in [-0.2, -0.15) is 5.10 Å². The predicted octanol–water partition coefficient (Wildman–Crippen LogP) is 5.79. The second kappa shape index (κ2) is 10.2. The normalized spacial score (nSPS) is 11.9. The zero-order chi connectivity index (χ0) is 25.5. The monoisotopic (exact) mass is 676 g/mol. The summed E-state index contributed by atoms with van der Waals surface area (Å²) < 4.78 is 56.4. The van der Waals surface area contributed by atoms with Gasteiger partial charge in [-0.05, 0) is 43.5 Å². The summed E-state index contributed by atoms with van der Waals surface area (Å²) in [5.74, 6) is -4.00. The molecule has 4 aromatic rings. The van der Waals surface area contributed by atoms with Crippen LogP contribution in [0.4, 0.5) is 17.6 Å². The number of nitrogens with zero attached hydrogens (tertiary/aromatic N) is 5. The number of halogens is 4. The second-order valence-electron chi connectivity index (χ2n) is 10.0. The molecule has 0 spiro atoms. The Morgan fingerprint density at radius 1 is 0.833 bits per heavy atom. The first-order chi connectivity index (χ1) is 16.3. The van der Waals surface area contributed by atoms with Crippen molar-refractivity contribution in [3.63, 3.8) is 0 Å². The summed E-state index contributed by atoms with van der Waals surface area (Å²) in [6.07, 6.45) is 2.18. The van der Waals surface area contributed by atoms with Crippen molar-refractivity contribution in [2.45, 2.75) is 46.5 Å². The van der Waals surface area contributed by atoms with Crippen LogP contribution in [0.2, 0.25) is 0 Å². The van der Waals surface area contributed by atoms with Gasteiger partial charge < -0.3 is 9.97 Å². The molecule has 0 radical (unpaired) electrons. The second-order valence-corrected chi connectivity index (χ2v) is 10.0. The molecule has 0 saturated carbocycles. The Morgan fingerprint density at radius 2 is 1.47 bits per heavy atom. The first kappa shape index (κ1) is 27.7. The minimum absolute atomic E-state index is 0. The summed E-state index contributed by atoms with van der Waals surface area (Å²) in [6, 6.07) is 12.3. The van der Waals surface area contributed by atoms with Crippen LogP contribution in [-0.4, -0.2) is 24.7 Å². The van der Waals surface area contributed by atoms with Gasteiger partial charge in [-0.15, -0.1) is 18.2 Å². The Balaban J connectivity index is 0.00000361. The molecule has 0 aliphatic carbocycles. The summed E-state index contributed by atoms with van der Waals surface area (Å²) in [5.41, 5.74) is 1.21. The zero-order valence-corrected chi connectivity index (χ0v) is 22.5. The first-order valence-electron chi connectivity index (χ1n) is 10.9. The van der Waals surface area contributed by atoms with Crippen molar-refractivity contribution in [3.8, 4) is 16.9 Å². The van der Waals surface area contributed by atoms with Crippen molar-refractivity contribution in [1.29, 1.82) is 0 Å². The van der Waals surface area contributed by atoms with Crippen molar-refractivity contribution >= 4 is 0 Å². The third-order valence-electron chi connectivity index (χ3n) is 5.45. The van der Waals surface area contributed by atoms with Crippen LogP contribution in [0.1, 0.15) is 51.6 Å². The number of rotatable bonds is 5. The van der Waals surface area contributed by atoms with E-state index in [1.807, 2.05) is 19.9 Å². The Labute approximate surface area is 221 Å². The number of hydrogen-bond acceptors (Lipinski definition) is 4. The molecule has 5 nitrogen and oxygen atoms in total. The molecule has 4 heterocycles. The summed E-state index contributed by atoms with van der Waals surface area (Å²) in [6.45, 7) is 9.98. The average Bonchev–Trinajstić information content (AvgIpc) is 3.23. The largest absolute Gasteiger partial charge is 2.00 e. The Bertz CT molecular complexity index is 1400. The molecular formula is C26H23F4N5Pt. The summed E-state index contributed by atoms with van der Waals surface area (Å²) in [7, 11) is 0. The van der Waals surface area contributed by atoms with E-state index >= 15 is 0 Å². The van der Waals surface area contributed by atoms with Crippen LogP contribution in [0.5, 0.6) is 0 Å². The topological polar surface area (TPSA) is 56.5 Å². The summed E-state index contributed by atoms with van der Waals surface area (Å²) >= 11 is 0. The van der Waals surface area contributed by atoms with E-state index in [4.69, 9.17) is 0 Å². The van der Waals surface area contributed by atoms with E-state index in [0.29, 0.717) is 17.8 Å². The van der Waals surface area contributed by atoms with Gasteiger partial charge in [-0.25, -0.2) is 8.78 Å². The fraction of sp³-hybridized carbons (Fsp3) is 0.308. The Hall–Kier alpha value is -2.93. The van der Waals surface area contributed by atoms with Gasteiger partial charge in [0, 0.05) is 17.6 Å². The summed E-state index contributed by atoms with van der Waals surface area (Å²) in [5, 5.41) is 4.45. The maximum Gasteiger partial charge on any atom is 2.00 e. The first-order valence-corrected chi connectivity index (χ1v) is 10.9. The van der Waals surface area contributed by atoms with Gasteiger partial charge in [0.15, 0.2) is 0 Å². The molecule has 0 atom stereocenters. The molecule has 4 rings (SSSR count). The van der Waals surface area contributed by atoms with Crippen LogP contribution in [0.25, 0.3) is 16.9 Å². The number of pyridine rings is 3. The average molecular weight is 677 g/mol. The van der Waals surface area contributed by atoms with Crippen molar-refractivity contribution in [3.05, 3.63) is 89.4 Å². The van der Waals surface area contributed by atoms with Crippen molar-refractivity contribution < 1.29 is 38.6 Å². The Kier molecular flexibility index (Phi) is 7.84. The van der Waals surface area contributed by atoms with E-state index in [1.165, 1.54) is 10.9 Å². The van der Waals surface area contributed by atoms with Gasteiger partial charge in [-0.1, -0.05) is 44.0 Å². The van der Waals surface area contributed by atoms with Gasteiger partial charge in [0.1, 0.15) is 17.8 Å². The van der Waals surface area contributed by atoms with Crippen LogP contribution >= 0.6 is 0 Å². The zero-order valence-electron chi connectivity index (χ0n) is 20.2. The fourth-order valence-corrected chi connectivity index (χ4v) is 3.74. The summed E-state index contributed by atoms with van der Waals surface area (Å²) in [4.78, 5) is 11.1. The van der Waals surface area contributed by atoms with Crippen molar-refractivity contribution in [2.75, 3.05) is 0 Å². The van der Waals surface area contributed by atoms with E-state index in [-0.39, 0.29) is 43.4 Å². The van der Waals surface area contributed by atoms with Crippen LogP contribution in [-0.2, 0) is 32.9 Å². The van der Waals surface area contributed by atoms with E-state index in [0.717, 1.165) is 17.7 Å². The molecular weight excluding hydrogens is 653 g/mol. The molecule has 10 heteroatoms. The van der Waals surface area contributed by atoms with Gasteiger partial charge in [0.05, 0.1) is 17.1 Å². The minimum atomic E-state index is -1.04. The molecule has 0 aliphatic rings. The predicted molar refractivity (Wildman–Crippen MR) is 122 cm³/mol. The SMILES string of the molecule is CC(C)(C)Cc1cc(-c2[c-]cc(F)nc2F)nc(C(C)(C)c2ccn(-c3[c-]cc(F)nc3F)n2)c1.[Pt+2]. The van der Waals surface area contributed by atoms with E-state index in [2.05, 4.69) is 53.0 Å². The molecule has 190 valence electrons. The van der Waals surface area contributed by atoms with Gasteiger partial charge in [0.2, 0.25) is 0 Å². The molecule has 0 bridgehead atoms. The third-order valence-corrected chi connectivity index (χ3v) is 5.45. The molecule has 0 saturated heterocycles. The fourth-order valence-electron chi connectivity index (χ4n) is 3.74. The number of hydrogen-bond donors (Lipinski definition) is 0. The van der Waals surface area contributed by atoms with E-state index in [1.54, 1.807) is 12.1 Å². The molecule has 36 heavy (non-hydrogen) atoms. The van der Waals surface area contributed by atoms with Crippen LogP contribution in [0.3, 0.4) is 0 Å². The van der Waals surface area contributed by atoms with Crippen molar-refractivity contribution in [1.82, 2.24) is 24.7 Å².